The molecule has 0 bridgehead atoms. The van der Waals surface area contributed by atoms with Gasteiger partial charge in [-0.05, 0) is 31.5 Å². The summed E-state index contributed by atoms with van der Waals surface area (Å²) in [5, 5.41) is 9.59. The van der Waals surface area contributed by atoms with Gasteiger partial charge in [0, 0.05) is 6.42 Å². The number of ketones is 1. The molecule has 0 spiro atoms. The van der Waals surface area contributed by atoms with Crippen LogP contribution in [-0.4, -0.2) is 17.0 Å². The van der Waals surface area contributed by atoms with Gasteiger partial charge in [-0.2, -0.15) is 0 Å². The largest absolute Gasteiger partial charge is 0.507 e. The maximum absolute atomic E-state index is 11.6. The number of fused-ring (bicyclic) bond motifs is 1. The molecule has 0 aromatic heterocycles. The number of phenols is 1. The highest BCUT2D eigenvalue weighted by Crippen LogP contribution is 2.35. The lowest BCUT2D eigenvalue weighted by atomic mass is 9.99. The second kappa shape index (κ2) is 3.01. The number of hydrogen-bond acceptors (Lipinski definition) is 3. The first-order chi connectivity index (χ1) is 6.58. The van der Waals surface area contributed by atoms with Crippen LogP contribution in [0.15, 0.2) is 12.1 Å². The number of Topliss-reactive ketones (excluding diaryl/α,β-unsaturated/α-hetero) is 1. The number of aromatic hydroxyl groups is 1. The number of carbonyl (C=O) groups excluding carboxylic acids is 1. The van der Waals surface area contributed by atoms with Gasteiger partial charge in [0.1, 0.15) is 23.2 Å². The normalized spacial score (nSPS) is 20.1. The van der Waals surface area contributed by atoms with Gasteiger partial charge in [-0.1, -0.05) is 0 Å². The molecule has 1 aliphatic rings. The number of rotatable bonds is 0. The highest BCUT2D eigenvalue weighted by atomic mass is 16.5. The Morgan fingerprint density at radius 1 is 1.50 bits per heavy atom. The number of ether oxygens (including phenoxy) is 1. The average Bonchev–Trinajstić information content (AvgIpc) is 1.99. The molecule has 0 fully saturated rings. The Labute approximate surface area is 82.3 Å². The first kappa shape index (κ1) is 9.06. The average molecular weight is 192 g/mol. The smallest absolute Gasteiger partial charge is 0.174 e. The van der Waals surface area contributed by atoms with Gasteiger partial charge in [0.15, 0.2) is 5.78 Å². The molecule has 1 aromatic rings. The number of aryl methyl sites for hydroxylation is 1. The van der Waals surface area contributed by atoms with Crippen LogP contribution in [0.1, 0.15) is 29.3 Å². The van der Waals surface area contributed by atoms with E-state index in [2.05, 4.69) is 0 Å². The molecule has 3 nitrogen and oxygen atoms in total. The molecular formula is C11H12O3. The third kappa shape index (κ3) is 1.35. The van der Waals surface area contributed by atoms with Gasteiger partial charge >= 0.3 is 0 Å². The van der Waals surface area contributed by atoms with E-state index in [1.54, 1.807) is 12.1 Å². The van der Waals surface area contributed by atoms with E-state index in [1.807, 2.05) is 13.8 Å². The zero-order valence-electron chi connectivity index (χ0n) is 8.20. The van der Waals surface area contributed by atoms with Crippen LogP contribution in [0.25, 0.3) is 0 Å². The molecule has 1 N–H and O–H groups in total. The summed E-state index contributed by atoms with van der Waals surface area (Å²) in [5.74, 6) is 0.486. The summed E-state index contributed by atoms with van der Waals surface area (Å²) in [5.41, 5.74) is 1.22. The van der Waals surface area contributed by atoms with Gasteiger partial charge in [0.25, 0.3) is 0 Å². The van der Waals surface area contributed by atoms with Crippen LogP contribution >= 0.6 is 0 Å². The van der Waals surface area contributed by atoms with Crippen molar-refractivity contribution in [3.05, 3.63) is 23.3 Å². The van der Waals surface area contributed by atoms with Crippen molar-refractivity contribution in [2.24, 2.45) is 0 Å². The first-order valence-electron chi connectivity index (χ1n) is 4.61. The predicted octanol–water partition coefficient (Wildman–Crippen LogP) is 2.05. The molecule has 0 aliphatic carbocycles. The SMILES string of the molecule is Cc1cc(O)c2c(c1)O[C@H](C)CC2=O. The molecular weight excluding hydrogens is 180 g/mol. The van der Waals surface area contributed by atoms with Crippen molar-refractivity contribution in [1.29, 1.82) is 0 Å². The molecule has 1 heterocycles. The minimum atomic E-state index is -0.101. The lowest BCUT2D eigenvalue weighted by Gasteiger charge is -2.23. The number of benzene rings is 1. The van der Waals surface area contributed by atoms with Crippen molar-refractivity contribution < 1.29 is 14.6 Å². The molecule has 14 heavy (non-hydrogen) atoms. The fraction of sp³-hybridized carbons (Fsp3) is 0.364. The van der Waals surface area contributed by atoms with E-state index in [0.717, 1.165) is 5.56 Å². The second-order valence-electron chi connectivity index (χ2n) is 3.71. The van der Waals surface area contributed by atoms with Gasteiger partial charge in [0.05, 0.1) is 0 Å². The highest BCUT2D eigenvalue weighted by Gasteiger charge is 2.26. The monoisotopic (exact) mass is 192 g/mol. The van der Waals surface area contributed by atoms with Crippen molar-refractivity contribution in [1.82, 2.24) is 0 Å². The molecule has 1 aromatic carbocycles. The maximum atomic E-state index is 11.6. The van der Waals surface area contributed by atoms with E-state index in [9.17, 15) is 9.90 Å². The van der Waals surface area contributed by atoms with Crippen molar-refractivity contribution in [2.75, 3.05) is 0 Å². The summed E-state index contributed by atoms with van der Waals surface area (Å²) >= 11 is 0. The second-order valence-corrected chi connectivity index (χ2v) is 3.71. The minimum absolute atomic E-state index is 0.0249. The Kier molecular flexibility index (Phi) is 1.95. The van der Waals surface area contributed by atoms with Gasteiger partial charge < -0.3 is 9.84 Å². The maximum Gasteiger partial charge on any atom is 0.174 e. The van der Waals surface area contributed by atoms with E-state index in [1.165, 1.54) is 0 Å². The van der Waals surface area contributed by atoms with Gasteiger partial charge in [-0.15, -0.1) is 0 Å². The topological polar surface area (TPSA) is 46.5 Å². The standard InChI is InChI=1S/C11H12O3/c1-6-3-8(12)11-9(13)5-7(2)14-10(11)4-6/h3-4,7,12H,5H2,1-2H3/t7-/m1/s1. The molecule has 0 unspecified atom stereocenters. The van der Waals surface area contributed by atoms with Gasteiger partial charge in [-0.25, -0.2) is 0 Å². The quantitative estimate of drug-likeness (QED) is 0.684. The van der Waals surface area contributed by atoms with E-state index >= 15 is 0 Å². The van der Waals surface area contributed by atoms with Crippen LogP contribution in [0.4, 0.5) is 0 Å². The summed E-state index contributed by atoms with van der Waals surface area (Å²) in [6, 6.07) is 3.36. The fourth-order valence-electron chi connectivity index (χ4n) is 1.73. The summed E-state index contributed by atoms with van der Waals surface area (Å²) in [6.07, 6.45) is 0.236. The summed E-state index contributed by atoms with van der Waals surface area (Å²) in [7, 11) is 0. The van der Waals surface area contributed by atoms with Crippen LogP contribution in [0.5, 0.6) is 11.5 Å². The lowest BCUT2D eigenvalue weighted by Crippen LogP contribution is -2.24. The van der Waals surface area contributed by atoms with Crippen LogP contribution in [0.3, 0.4) is 0 Å². The van der Waals surface area contributed by atoms with Crippen LogP contribution in [0.2, 0.25) is 0 Å². The molecule has 0 saturated heterocycles. The third-order valence-electron chi connectivity index (χ3n) is 2.31. The van der Waals surface area contributed by atoms with Crippen molar-refractivity contribution >= 4 is 5.78 Å². The van der Waals surface area contributed by atoms with E-state index < -0.39 is 0 Å². The van der Waals surface area contributed by atoms with Crippen LogP contribution in [0, 0.1) is 6.92 Å². The molecule has 2 rings (SSSR count). The molecule has 74 valence electrons. The van der Waals surface area contributed by atoms with Crippen LogP contribution in [-0.2, 0) is 0 Å². The Morgan fingerprint density at radius 3 is 2.93 bits per heavy atom. The third-order valence-corrected chi connectivity index (χ3v) is 2.31. The van der Waals surface area contributed by atoms with Crippen molar-refractivity contribution in [3.63, 3.8) is 0 Å². The number of hydrogen-bond donors (Lipinski definition) is 1. The Bertz CT molecular complexity index is 396. The molecule has 1 aliphatic heterocycles. The molecule has 0 saturated carbocycles. The van der Waals surface area contributed by atoms with Crippen molar-refractivity contribution in [2.45, 2.75) is 26.4 Å². The zero-order chi connectivity index (χ0) is 10.3. The van der Waals surface area contributed by atoms with Crippen molar-refractivity contribution in [3.8, 4) is 11.5 Å². The van der Waals surface area contributed by atoms with Gasteiger partial charge in [0.2, 0.25) is 0 Å². The minimum Gasteiger partial charge on any atom is -0.507 e. The predicted molar refractivity (Wildman–Crippen MR) is 51.9 cm³/mol. The Balaban J connectivity index is 2.59. The summed E-state index contributed by atoms with van der Waals surface area (Å²) in [4.78, 5) is 11.6. The van der Waals surface area contributed by atoms with E-state index in [-0.39, 0.29) is 17.6 Å². The molecule has 1 atom stereocenters. The molecule has 3 heteroatoms. The van der Waals surface area contributed by atoms with E-state index in [0.29, 0.717) is 17.7 Å². The Hall–Kier alpha value is -1.51. The highest BCUT2D eigenvalue weighted by molar-refractivity contribution is 6.02. The molecule has 0 amide bonds. The van der Waals surface area contributed by atoms with E-state index in [4.69, 9.17) is 4.74 Å². The number of carbonyl (C=O) groups is 1. The lowest BCUT2D eigenvalue weighted by molar-refractivity contribution is 0.0866. The van der Waals surface area contributed by atoms with Gasteiger partial charge in [-0.3, -0.25) is 4.79 Å². The first-order valence-corrected chi connectivity index (χ1v) is 4.61. The Morgan fingerprint density at radius 2 is 2.21 bits per heavy atom. The summed E-state index contributed by atoms with van der Waals surface area (Å²) in [6.45, 7) is 3.70. The summed E-state index contributed by atoms with van der Waals surface area (Å²) < 4.78 is 5.48. The molecule has 0 radical (unpaired) electrons. The number of phenolic OH excluding ortho intramolecular Hbond substituents is 1. The van der Waals surface area contributed by atoms with Crippen LogP contribution < -0.4 is 4.74 Å². The fourth-order valence-corrected chi connectivity index (χ4v) is 1.73. The zero-order valence-corrected chi connectivity index (χ0v) is 8.20.